The summed E-state index contributed by atoms with van der Waals surface area (Å²) in [5, 5.41) is 11.5. The molecule has 0 aliphatic carbocycles. The monoisotopic (exact) mass is 353 g/mol. The number of halogens is 1. The van der Waals surface area contributed by atoms with E-state index in [2.05, 4.69) is 4.99 Å². The molecule has 0 saturated carbocycles. The third-order valence-corrected chi connectivity index (χ3v) is 4.35. The summed E-state index contributed by atoms with van der Waals surface area (Å²) >= 11 is 6.22. The molecule has 3 aromatic rings. The van der Waals surface area contributed by atoms with Gasteiger partial charge >= 0.3 is 0 Å². The van der Waals surface area contributed by atoms with Crippen molar-refractivity contribution in [2.24, 2.45) is 4.99 Å². The molecular weight excluding hydrogens is 338 g/mol. The second-order valence-electron chi connectivity index (χ2n) is 5.72. The van der Waals surface area contributed by atoms with Gasteiger partial charge in [0.25, 0.3) is 5.69 Å². The smallest absolute Gasteiger partial charge is 0.269 e. The minimum absolute atomic E-state index is 0.0640. The summed E-state index contributed by atoms with van der Waals surface area (Å²) in [5.41, 5.74) is 4.37. The predicted molar refractivity (Wildman–Crippen MR) is 101 cm³/mol. The Labute approximate surface area is 150 Å². The molecule has 0 atom stereocenters. The van der Waals surface area contributed by atoms with E-state index in [1.54, 1.807) is 19.2 Å². The number of nitrogens with zero attached hydrogens (tertiary/aromatic N) is 3. The second kappa shape index (κ2) is 6.91. The maximum Gasteiger partial charge on any atom is 0.269 e. The number of aromatic nitrogens is 1. The van der Waals surface area contributed by atoms with Gasteiger partial charge in [0.05, 0.1) is 22.5 Å². The van der Waals surface area contributed by atoms with E-state index in [9.17, 15) is 10.1 Å². The van der Waals surface area contributed by atoms with Crippen LogP contribution < -0.4 is 0 Å². The summed E-state index contributed by atoms with van der Waals surface area (Å²) in [6.07, 6.45) is 3.67. The fourth-order valence-corrected chi connectivity index (χ4v) is 2.67. The normalized spacial score (nSPS) is 11.2. The number of rotatable bonds is 4. The van der Waals surface area contributed by atoms with Gasteiger partial charge in [-0.3, -0.25) is 15.1 Å². The molecule has 0 unspecified atom stereocenters. The van der Waals surface area contributed by atoms with E-state index in [1.807, 2.05) is 48.0 Å². The van der Waals surface area contributed by atoms with Gasteiger partial charge in [0.2, 0.25) is 0 Å². The number of hydrogen-bond donors (Lipinski definition) is 0. The summed E-state index contributed by atoms with van der Waals surface area (Å²) in [6, 6.07) is 14.4. The molecule has 0 aliphatic rings. The molecule has 0 spiro atoms. The van der Waals surface area contributed by atoms with Crippen LogP contribution in [0.15, 0.2) is 59.7 Å². The highest BCUT2D eigenvalue weighted by atomic mass is 35.5. The molecule has 126 valence electrons. The zero-order valence-electron chi connectivity index (χ0n) is 13.8. The summed E-state index contributed by atoms with van der Waals surface area (Å²) < 4.78 is 1.98. The molecule has 0 aliphatic heterocycles. The quantitative estimate of drug-likeness (QED) is 0.358. The molecule has 5 nitrogen and oxygen atoms in total. The zero-order chi connectivity index (χ0) is 18.0. The Balaban J connectivity index is 1.92. The molecule has 1 heterocycles. The summed E-state index contributed by atoms with van der Waals surface area (Å²) in [4.78, 5) is 14.9. The SMILES string of the molecule is Cc1ccc(-n2cccc2C=Nc2ccc([N+](=O)[O-])cc2C)cc1Cl. The molecule has 0 amide bonds. The summed E-state index contributed by atoms with van der Waals surface area (Å²) in [5.74, 6) is 0. The van der Waals surface area contributed by atoms with Crippen LogP contribution in [0.2, 0.25) is 5.02 Å². The third kappa shape index (κ3) is 3.61. The highest BCUT2D eigenvalue weighted by molar-refractivity contribution is 6.31. The van der Waals surface area contributed by atoms with Crippen molar-refractivity contribution in [1.82, 2.24) is 4.57 Å². The van der Waals surface area contributed by atoms with Gasteiger partial charge in [-0.1, -0.05) is 17.7 Å². The third-order valence-electron chi connectivity index (χ3n) is 3.94. The van der Waals surface area contributed by atoms with Crippen LogP contribution >= 0.6 is 11.6 Å². The molecule has 0 saturated heterocycles. The van der Waals surface area contributed by atoms with E-state index in [0.717, 1.165) is 22.5 Å². The number of aryl methyl sites for hydroxylation is 2. The van der Waals surface area contributed by atoms with Crippen LogP contribution in [0, 0.1) is 24.0 Å². The molecule has 0 N–H and O–H groups in total. The van der Waals surface area contributed by atoms with Gasteiger partial charge in [-0.2, -0.15) is 0 Å². The van der Waals surface area contributed by atoms with Crippen LogP contribution in [0.3, 0.4) is 0 Å². The Bertz CT molecular complexity index is 977. The molecule has 3 rings (SSSR count). The van der Waals surface area contributed by atoms with Crippen molar-refractivity contribution in [1.29, 1.82) is 0 Å². The fourth-order valence-electron chi connectivity index (χ4n) is 2.50. The lowest BCUT2D eigenvalue weighted by molar-refractivity contribution is -0.384. The van der Waals surface area contributed by atoms with E-state index in [4.69, 9.17) is 11.6 Å². The summed E-state index contributed by atoms with van der Waals surface area (Å²) in [7, 11) is 0. The Kier molecular flexibility index (Phi) is 4.67. The predicted octanol–water partition coefficient (Wildman–Crippen LogP) is 5.41. The number of non-ortho nitro benzene ring substituents is 1. The van der Waals surface area contributed by atoms with Crippen LogP contribution in [-0.4, -0.2) is 15.7 Å². The Morgan fingerprint density at radius 3 is 2.60 bits per heavy atom. The average Bonchev–Trinajstić information content (AvgIpc) is 3.04. The highest BCUT2D eigenvalue weighted by Crippen LogP contribution is 2.24. The topological polar surface area (TPSA) is 60.4 Å². The van der Waals surface area contributed by atoms with Crippen LogP contribution in [-0.2, 0) is 0 Å². The Hall–Kier alpha value is -2.92. The van der Waals surface area contributed by atoms with E-state index >= 15 is 0 Å². The van der Waals surface area contributed by atoms with Gasteiger partial charge in [-0.05, 0) is 55.3 Å². The van der Waals surface area contributed by atoms with Crippen LogP contribution in [0.4, 0.5) is 11.4 Å². The molecular formula is C19H16ClN3O2. The first-order chi connectivity index (χ1) is 12.0. The van der Waals surface area contributed by atoms with Gasteiger partial charge in [-0.15, -0.1) is 0 Å². The Morgan fingerprint density at radius 2 is 1.92 bits per heavy atom. The molecule has 0 radical (unpaired) electrons. The number of aliphatic imine (C=N–C) groups is 1. The summed E-state index contributed by atoms with van der Waals surface area (Å²) in [6.45, 7) is 3.76. The van der Waals surface area contributed by atoms with Crippen molar-refractivity contribution in [2.45, 2.75) is 13.8 Å². The van der Waals surface area contributed by atoms with Crippen LogP contribution in [0.5, 0.6) is 0 Å². The number of benzene rings is 2. The lowest BCUT2D eigenvalue weighted by Gasteiger charge is -2.08. The minimum atomic E-state index is -0.410. The van der Waals surface area contributed by atoms with Crippen molar-refractivity contribution in [3.63, 3.8) is 0 Å². The van der Waals surface area contributed by atoms with Gasteiger partial charge in [0.1, 0.15) is 0 Å². The molecule has 0 fully saturated rings. The van der Waals surface area contributed by atoms with Crippen molar-refractivity contribution in [2.75, 3.05) is 0 Å². The average molecular weight is 354 g/mol. The van der Waals surface area contributed by atoms with Gasteiger partial charge in [0, 0.05) is 29.0 Å². The van der Waals surface area contributed by atoms with Crippen molar-refractivity contribution >= 4 is 29.2 Å². The molecule has 1 aromatic heterocycles. The van der Waals surface area contributed by atoms with Crippen LogP contribution in [0.25, 0.3) is 5.69 Å². The lowest BCUT2D eigenvalue weighted by Crippen LogP contribution is -1.98. The minimum Gasteiger partial charge on any atom is -0.316 e. The number of nitro benzene ring substituents is 1. The fraction of sp³-hybridized carbons (Fsp3) is 0.105. The largest absolute Gasteiger partial charge is 0.316 e. The number of nitro groups is 1. The molecule has 0 bridgehead atoms. The Morgan fingerprint density at radius 1 is 1.12 bits per heavy atom. The van der Waals surface area contributed by atoms with E-state index in [-0.39, 0.29) is 5.69 Å². The maximum absolute atomic E-state index is 10.8. The molecule has 2 aromatic carbocycles. The van der Waals surface area contributed by atoms with E-state index < -0.39 is 4.92 Å². The first-order valence-electron chi connectivity index (χ1n) is 7.69. The molecule has 6 heteroatoms. The van der Waals surface area contributed by atoms with Gasteiger partial charge < -0.3 is 4.57 Å². The molecule has 25 heavy (non-hydrogen) atoms. The van der Waals surface area contributed by atoms with Gasteiger partial charge in [0.15, 0.2) is 0 Å². The van der Waals surface area contributed by atoms with Crippen molar-refractivity contribution < 1.29 is 4.92 Å². The van der Waals surface area contributed by atoms with Gasteiger partial charge in [-0.25, -0.2) is 0 Å². The zero-order valence-corrected chi connectivity index (χ0v) is 14.6. The standard InChI is InChI=1S/C19H16ClN3O2/c1-13-5-6-15(11-18(13)20)22-9-3-4-17(22)12-21-19-8-7-16(23(24)25)10-14(19)2/h3-12H,1-2H3. The second-order valence-corrected chi connectivity index (χ2v) is 6.13. The van der Waals surface area contributed by atoms with E-state index in [0.29, 0.717) is 10.7 Å². The first-order valence-corrected chi connectivity index (χ1v) is 8.06. The van der Waals surface area contributed by atoms with Crippen LogP contribution in [0.1, 0.15) is 16.8 Å². The van der Waals surface area contributed by atoms with E-state index in [1.165, 1.54) is 12.1 Å². The first kappa shape index (κ1) is 16.9. The van der Waals surface area contributed by atoms with Crippen molar-refractivity contribution in [3.05, 3.63) is 86.7 Å². The maximum atomic E-state index is 10.8. The lowest BCUT2D eigenvalue weighted by atomic mass is 10.2. The van der Waals surface area contributed by atoms with Crippen molar-refractivity contribution in [3.8, 4) is 5.69 Å². The number of hydrogen-bond acceptors (Lipinski definition) is 3. The highest BCUT2D eigenvalue weighted by Gasteiger charge is 2.08.